The standard InChI is InChI=1S/C29H25ClN4O/c1-4-20-10-13-22(14-11-20)34-19(3)25(17-31-34)28-16-24(23-7-5-6-8-26(23)32-28)29(35)33-27-15-21(30)12-9-18(27)2/h5-17H,4H2,1-3H3,(H,33,35). The van der Waals surface area contributed by atoms with Gasteiger partial charge in [0.25, 0.3) is 5.91 Å². The molecule has 1 amide bonds. The number of fused-ring (bicyclic) bond motifs is 1. The number of pyridine rings is 1. The van der Waals surface area contributed by atoms with Gasteiger partial charge in [0, 0.05) is 21.7 Å². The summed E-state index contributed by atoms with van der Waals surface area (Å²) in [5, 5.41) is 9.00. The number of benzene rings is 3. The smallest absolute Gasteiger partial charge is 0.256 e. The van der Waals surface area contributed by atoms with Crippen molar-refractivity contribution >= 4 is 34.1 Å². The Morgan fingerprint density at radius 3 is 2.54 bits per heavy atom. The Kier molecular flexibility index (Phi) is 6.10. The zero-order valence-corrected chi connectivity index (χ0v) is 20.6. The van der Waals surface area contributed by atoms with E-state index in [-0.39, 0.29) is 5.91 Å². The van der Waals surface area contributed by atoms with Crippen molar-refractivity contribution in [1.29, 1.82) is 0 Å². The maximum absolute atomic E-state index is 13.4. The molecule has 0 unspecified atom stereocenters. The molecule has 6 heteroatoms. The summed E-state index contributed by atoms with van der Waals surface area (Å²) in [6, 6.07) is 23.3. The van der Waals surface area contributed by atoms with E-state index >= 15 is 0 Å². The van der Waals surface area contributed by atoms with E-state index in [1.165, 1.54) is 5.56 Å². The number of amides is 1. The van der Waals surface area contributed by atoms with Crippen molar-refractivity contribution in [2.45, 2.75) is 27.2 Å². The molecule has 0 atom stereocenters. The van der Waals surface area contributed by atoms with E-state index in [4.69, 9.17) is 16.6 Å². The van der Waals surface area contributed by atoms with Crippen LogP contribution in [0.1, 0.15) is 34.1 Å². The third-order valence-electron chi connectivity index (χ3n) is 6.28. The number of anilines is 1. The highest BCUT2D eigenvalue weighted by atomic mass is 35.5. The maximum Gasteiger partial charge on any atom is 0.256 e. The average Bonchev–Trinajstić information content (AvgIpc) is 3.26. The zero-order valence-electron chi connectivity index (χ0n) is 19.8. The molecule has 0 fully saturated rings. The van der Waals surface area contributed by atoms with E-state index in [9.17, 15) is 4.79 Å². The Bertz CT molecular complexity index is 1550. The van der Waals surface area contributed by atoms with Crippen LogP contribution in [0.5, 0.6) is 0 Å². The summed E-state index contributed by atoms with van der Waals surface area (Å²) in [6.07, 6.45) is 2.80. The van der Waals surface area contributed by atoms with Gasteiger partial charge in [-0.05, 0) is 67.8 Å². The lowest BCUT2D eigenvalue weighted by Crippen LogP contribution is -2.14. The number of aryl methyl sites for hydroxylation is 2. The van der Waals surface area contributed by atoms with E-state index in [1.807, 2.05) is 67.2 Å². The molecule has 35 heavy (non-hydrogen) atoms. The minimum absolute atomic E-state index is 0.213. The number of carbonyl (C=O) groups is 1. The SMILES string of the molecule is CCc1ccc(-n2ncc(-c3cc(C(=O)Nc4cc(Cl)ccc4C)c4ccccc4n3)c2C)cc1. The Labute approximate surface area is 209 Å². The summed E-state index contributed by atoms with van der Waals surface area (Å²) in [5.41, 5.74) is 7.71. The maximum atomic E-state index is 13.4. The molecule has 5 rings (SSSR count). The van der Waals surface area contributed by atoms with Gasteiger partial charge < -0.3 is 5.32 Å². The van der Waals surface area contributed by atoms with Crippen molar-refractivity contribution in [1.82, 2.24) is 14.8 Å². The van der Waals surface area contributed by atoms with Crippen molar-refractivity contribution in [3.63, 3.8) is 0 Å². The number of halogens is 1. The fraction of sp³-hybridized carbons (Fsp3) is 0.138. The Balaban J connectivity index is 1.58. The first-order chi connectivity index (χ1) is 16.9. The molecule has 5 aromatic rings. The molecule has 0 radical (unpaired) electrons. The number of carbonyl (C=O) groups excluding carboxylic acids is 1. The van der Waals surface area contributed by atoms with Gasteiger partial charge in [-0.3, -0.25) is 4.79 Å². The van der Waals surface area contributed by atoms with Crippen LogP contribution in [0, 0.1) is 13.8 Å². The van der Waals surface area contributed by atoms with Crippen LogP contribution in [0.3, 0.4) is 0 Å². The highest BCUT2D eigenvalue weighted by Gasteiger charge is 2.18. The molecule has 0 spiro atoms. The molecule has 0 aliphatic heterocycles. The number of para-hydroxylation sites is 1. The van der Waals surface area contributed by atoms with Gasteiger partial charge in [0.1, 0.15) is 0 Å². The van der Waals surface area contributed by atoms with Gasteiger partial charge in [-0.2, -0.15) is 5.10 Å². The lowest BCUT2D eigenvalue weighted by atomic mass is 10.0. The van der Waals surface area contributed by atoms with Gasteiger partial charge in [-0.25, -0.2) is 9.67 Å². The number of rotatable bonds is 5. The first-order valence-electron chi connectivity index (χ1n) is 11.6. The summed E-state index contributed by atoms with van der Waals surface area (Å²) in [5.74, 6) is -0.213. The van der Waals surface area contributed by atoms with Gasteiger partial charge in [0.05, 0.1) is 34.4 Å². The van der Waals surface area contributed by atoms with E-state index in [0.717, 1.165) is 39.8 Å². The lowest BCUT2D eigenvalue weighted by Gasteiger charge is -2.12. The molecular weight excluding hydrogens is 456 g/mol. The minimum atomic E-state index is -0.213. The van der Waals surface area contributed by atoms with Crippen molar-refractivity contribution in [2.75, 3.05) is 5.32 Å². The molecular formula is C29H25ClN4O. The molecule has 0 bridgehead atoms. The topological polar surface area (TPSA) is 59.8 Å². The van der Waals surface area contributed by atoms with E-state index < -0.39 is 0 Å². The van der Waals surface area contributed by atoms with Crippen LogP contribution in [0.25, 0.3) is 27.8 Å². The summed E-state index contributed by atoms with van der Waals surface area (Å²) in [4.78, 5) is 18.3. The number of nitrogens with one attached hydrogen (secondary N) is 1. The van der Waals surface area contributed by atoms with Crippen LogP contribution >= 0.6 is 11.6 Å². The average molecular weight is 481 g/mol. The largest absolute Gasteiger partial charge is 0.322 e. The van der Waals surface area contributed by atoms with Gasteiger partial charge in [-0.15, -0.1) is 0 Å². The summed E-state index contributed by atoms with van der Waals surface area (Å²) in [6.45, 7) is 6.09. The summed E-state index contributed by atoms with van der Waals surface area (Å²) in [7, 11) is 0. The fourth-order valence-corrected chi connectivity index (χ4v) is 4.39. The summed E-state index contributed by atoms with van der Waals surface area (Å²) < 4.78 is 1.90. The van der Waals surface area contributed by atoms with Gasteiger partial charge in [0.15, 0.2) is 0 Å². The van der Waals surface area contributed by atoms with Crippen LogP contribution in [-0.4, -0.2) is 20.7 Å². The van der Waals surface area contributed by atoms with E-state index in [2.05, 4.69) is 41.6 Å². The minimum Gasteiger partial charge on any atom is -0.322 e. The van der Waals surface area contributed by atoms with Crippen molar-refractivity contribution in [2.24, 2.45) is 0 Å². The molecule has 174 valence electrons. The molecule has 0 saturated heterocycles. The number of nitrogens with zero attached hydrogens (tertiary/aromatic N) is 3. The monoisotopic (exact) mass is 480 g/mol. The Hall–Kier alpha value is -3.96. The highest BCUT2D eigenvalue weighted by Crippen LogP contribution is 2.29. The quantitative estimate of drug-likeness (QED) is 0.290. The van der Waals surface area contributed by atoms with E-state index in [0.29, 0.717) is 22.0 Å². The third kappa shape index (κ3) is 4.43. The molecule has 0 aliphatic rings. The molecule has 2 heterocycles. The Morgan fingerprint density at radius 1 is 1.00 bits per heavy atom. The number of hydrogen-bond donors (Lipinski definition) is 1. The highest BCUT2D eigenvalue weighted by molar-refractivity contribution is 6.31. The third-order valence-corrected chi connectivity index (χ3v) is 6.52. The molecule has 2 aromatic heterocycles. The zero-order chi connectivity index (χ0) is 24.5. The number of hydrogen-bond acceptors (Lipinski definition) is 3. The first-order valence-corrected chi connectivity index (χ1v) is 11.9. The summed E-state index contributed by atoms with van der Waals surface area (Å²) >= 11 is 6.16. The number of aromatic nitrogens is 3. The molecule has 5 nitrogen and oxygen atoms in total. The molecule has 3 aromatic carbocycles. The van der Waals surface area contributed by atoms with Crippen LogP contribution in [-0.2, 0) is 6.42 Å². The predicted octanol–water partition coefficient (Wildman–Crippen LogP) is 7.17. The molecule has 0 aliphatic carbocycles. The van der Waals surface area contributed by atoms with Crippen LogP contribution in [0.2, 0.25) is 5.02 Å². The Morgan fingerprint density at radius 2 is 1.77 bits per heavy atom. The fourth-order valence-electron chi connectivity index (χ4n) is 4.21. The normalized spacial score (nSPS) is 11.1. The van der Waals surface area contributed by atoms with Crippen molar-refractivity contribution < 1.29 is 4.79 Å². The second-order valence-corrected chi connectivity index (χ2v) is 9.00. The van der Waals surface area contributed by atoms with E-state index in [1.54, 1.807) is 6.07 Å². The van der Waals surface area contributed by atoms with Gasteiger partial charge in [0.2, 0.25) is 0 Å². The van der Waals surface area contributed by atoms with Crippen molar-refractivity contribution in [3.8, 4) is 16.9 Å². The van der Waals surface area contributed by atoms with Gasteiger partial charge in [-0.1, -0.05) is 54.9 Å². The van der Waals surface area contributed by atoms with Crippen LogP contribution in [0.4, 0.5) is 5.69 Å². The second-order valence-electron chi connectivity index (χ2n) is 8.56. The van der Waals surface area contributed by atoms with Crippen LogP contribution in [0.15, 0.2) is 79.0 Å². The van der Waals surface area contributed by atoms with Crippen LogP contribution < -0.4 is 5.32 Å². The second kappa shape index (κ2) is 9.35. The lowest BCUT2D eigenvalue weighted by molar-refractivity contribution is 0.102. The van der Waals surface area contributed by atoms with Gasteiger partial charge >= 0.3 is 0 Å². The first kappa shape index (κ1) is 22.8. The molecule has 1 N–H and O–H groups in total. The molecule has 0 saturated carbocycles. The van der Waals surface area contributed by atoms with Crippen molar-refractivity contribution in [3.05, 3.63) is 106 Å². The predicted molar refractivity (Wildman–Crippen MR) is 143 cm³/mol.